The van der Waals surface area contributed by atoms with Crippen LogP contribution in [0, 0.1) is 0 Å². The number of carboxylic acid groups (broad SMARTS) is 1. The molecule has 0 unspecified atom stereocenters. The summed E-state index contributed by atoms with van der Waals surface area (Å²) in [5, 5.41) is 8.83. The molecule has 0 aliphatic rings. The van der Waals surface area contributed by atoms with Crippen molar-refractivity contribution < 1.29 is 14.6 Å². The van der Waals surface area contributed by atoms with Crippen LogP contribution in [0.5, 0.6) is 0 Å². The number of rotatable bonds is 9. The van der Waals surface area contributed by atoms with Crippen LogP contribution < -0.4 is 4.90 Å². The minimum Gasteiger partial charge on any atom is -0.478 e. The van der Waals surface area contributed by atoms with Gasteiger partial charge >= 0.3 is 5.97 Å². The third-order valence-corrected chi connectivity index (χ3v) is 3.57. The van der Waals surface area contributed by atoms with Crippen LogP contribution in [-0.4, -0.2) is 37.4 Å². The Kier molecular flexibility index (Phi) is 7.54. The molecule has 1 aromatic rings. The SMILES string of the molecule is CCC(CC)N(CCOC)c1ccccc1C=CC(=O)O. The van der Waals surface area contributed by atoms with Crippen LogP contribution in [0.4, 0.5) is 5.69 Å². The highest BCUT2D eigenvalue weighted by Gasteiger charge is 2.17. The second-order valence-corrected chi connectivity index (χ2v) is 4.89. The fourth-order valence-electron chi connectivity index (χ4n) is 2.47. The van der Waals surface area contributed by atoms with Crippen molar-refractivity contribution in [2.24, 2.45) is 0 Å². The third-order valence-electron chi connectivity index (χ3n) is 3.57. The van der Waals surface area contributed by atoms with Gasteiger partial charge in [-0.2, -0.15) is 0 Å². The van der Waals surface area contributed by atoms with Crippen molar-refractivity contribution in [2.45, 2.75) is 32.7 Å². The molecule has 0 fully saturated rings. The average molecular weight is 291 g/mol. The quantitative estimate of drug-likeness (QED) is 0.708. The summed E-state index contributed by atoms with van der Waals surface area (Å²) in [7, 11) is 1.70. The highest BCUT2D eigenvalue weighted by molar-refractivity contribution is 5.87. The molecule has 0 heterocycles. The number of methoxy groups -OCH3 is 1. The van der Waals surface area contributed by atoms with Crippen molar-refractivity contribution in [1.29, 1.82) is 0 Å². The second kappa shape index (κ2) is 9.19. The van der Waals surface area contributed by atoms with Crippen LogP contribution in [-0.2, 0) is 9.53 Å². The standard InChI is InChI=1S/C17H25NO3/c1-4-15(5-2)18(12-13-21-3)16-9-7-6-8-14(16)10-11-17(19)20/h6-11,15H,4-5,12-13H2,1-3H3,(H,19,20). The third kappa shape index (κ3) is 5.23. The number of hydrogen-bond acceptors (Lipinski definition) is 3. The highest BCUT2D eigenvalue weighted by Crippen LogP contribution is 2.25. The number of nitrogens with zero attached hydrogens (tertiary/aromatic N) is 1. The van der Waals surface area contributed by atoms with E-state index in [1.165, 1.54) is 6.08 Å². The largest absolute Gasteiger partial charge is 0.478 e. The lowest BCUT2D eigenvalue weighted by Gasteiger charge is -2.33. The van der Waals surface area contributed by atoms with Crippen LogP contribution in [0.3, 0.4) is 0 Å². The molecule has 0 aliphatic carbocycles. The molecule has 0 radical (unpaired) electrons. The van der Waals surface area contributed by atoms with Gasteiger partial charge in [0.1, 0.15) is 0 Å². The second-order valence-electron chi connectivity index (χ2n) is 4.89. The molecule has 0 saturated carbocycles. The molecule has 116 valence electrons. The predicted molar refractivity (Wildman–Crippen MR) is 86.7 cm³/mol. The van der Waals surface area contributed by atoms with Gasteiger partial charge in [0.05, 0.1) is 6.61 Å². The summed E-state index contributed by atoms with van der Waals surface area (Å²) < 4.78 is 5.22. The number of benzene rings is 1. The van der Waals surface area contributed by atoms with Gasteiger partial charge in [0.15, 0.2) is 0 Å². The number of carboxylic acids is 1. The number of carbonyl (C=O) groups is 1. The molecule has 0 atom stereocenters. The van der Waals surface area contributed by atoms with Crippen molar-refractivity contribution >= 4 is 17.7 Å². The van der Waals surface area contributed by atoms with Crippen molar-refractivity contribution in [3.8, 4) is 0 Å². The Bertz CT molecular complexity index is 467. The normalized spacial score (nSPS) is 11.2. The van der Waals surface area contributed by atoms with Crippen LogP contribution in [0.2, 0.25) is 0 Å². The molecule has 4 nitrogen and oxygen atoms in total. The molecule has 21 heavy (non-hydrogen) atoms. The van der Waals surface area contributed by atoms with E-state index in [0.29, 0.717) is 12.6 Å². The van der Waals surface area contributed by atoms with Crippen molar-refractivity contribution in [1.82, 2.24) is 0 Å². The summed E-state index contributed by atoms with van der Waals surface area (Å²) >= 11 is 0. The van der Waals surface area contributed by atoms with E-state index in [2.05, 4.69) is 18.7 Å². The molecule has 1 rings (SSSR count). The van der Waals surface area contributed by atoms with E-state index >= 15 is 0 Å². The Balaban J connectivity index is 3.13. The van der Waals surface area contributed by atoms with E-state index in [9.17, 15) is 4.79 Å². The van der Waals surface area contributed by atoms with E-state index in [0.717, 1.165) is 30.6 Å². The summed E-state index contributed by atoms with van der Waals surface area (Å²) in [5.41, 5.74) is 1.98. The molecule has 0 spiro atoms. The van der Waals surface area contributed by atoms with E-state index in [1.54, 1.807) is 13.2 Å². The van der Waals surface area contributed by atoms with Crippen molar-refractivity contribution in [3.63, 3.8) is 0 Å². The van der Waals surface area contributed by atoms with Crippen LogP contribution >= 0.6 is 0 Å². The minimum atomic E-state index is -0.934. The van der Waals surface area contributed by atoms with Gasteiger partial charge in [-0.25, -0.2) is 4.79 Å². The zero-order valence-corrected chi connectivity index (χ0v) is 13.1. The number of anilines is 1. The summed E-state index contributed by atoms with van der Waals surface area (Å²) in [6.45, 7) is 5.78. The summed E-state index contributed by atoms with van der Waals surface area (Å²) in [4.78, 5) is 13.1. The van der Waals surface area contributed by atoms with Crippen molar-refractivity contribution in [3.05, 3.63) is 35.9 Å². The summed E-state index contributed by atoms with van der Waals surface area (Å²) in [5.74, 6) is -0.934. The monoisotopic (exact) mass is 291 g/mol. The maximum absolute atomic E-state index is 10.8. The fraction of sp³-hybridized carbons (Fsp3) is 0.471. The van der Waals surface area contributed by atoms with Gasteiger partial charge in [-0.05, 0) is 30.5 Å². The average Bonchev–Trinajstić information content (AvgIpc) is 2.50. The molecule has 0 saturated heterocycles. The minimum absolute atomic E-state index is 0.416. The summed E-state index contributed by atoms with van der Waals surface area (Å²) in [6, 6.07) is 8.30. The topological polar surface area (TPSA) is 49.8 Å². The zero-order chi connectivity index (χ0) is 15.7. The first-order chi connectivity index (χ1) is 10.1. The lowest BCUT2D eigenvalue weighted by molar-refractivity contribution is -0.131. The molecule has 4 heteroatoms. The number of para-hydroxylation sites is 1. The van der Waals surface area contributed by atoms with E-state index < -0.39 is 5.97 Å². The Morgan fingerprint density at radius 1 is 1.33 bits per heavy atom. The molecule has 1 N–H and O–H groups in total. The van der Waals surface area contributed by atoms with Crippen LogP contribution in [0.15, 0.2) is 30.3 Å². The lowest BCUT2D eigenvalue weighted by atomic mass is 10.1. The van der Waals surface area contributed by atoms with Crippen LogP contribution in [0.25, 0.3) is 6.08 Å². The number of ether oxygens (including phenoxy) is 1. The predicted octanol–water partition coefficient (Wildman–Crippen LogP) is 3.43. The Morgan fingerprint density at radius 2 is 2.00 bits per heavy atom. The molecule has 0 aromatic heterocycles. The van der Waals surface area contributed by atoms with Gasteiger partial charge in [-0.1, -0.05) is 32.0 Å². The van der Waals surface area contributed by atoms with Gasteiger partial charge in [-0.3, -0.25) is 0 Å². The molecule has 1 aromatic carbocycles. The van der Waals surface area contributed by atoms with Crippen LogP contribution in [0.1, 0.15) is 32.3 Å². The van der Waals surface area contributed by atoms with E-state index in [1.807, 2.05) is 24.3 Å². The Hall–Kier alpha value is -1.81. The van der Waals surface area contributed by atoms with Gasteiger partial charge in [0, 0.05) is 31.5 Å². The van der Waals surface area contributed by atoms with Gasteiger partial charge in [-0.15, -0.1) is 0 Å². The summed E-state index contributed by atoms with van der Waals surface area (Å²) in [6.07, 6.45) is 4.91. The smallest absolute Gasteiger partial charge is 0.328 e. The van der Waals surface area contributed by atoms with Gasteiger partial charge in [0.25, 0.3) is 0 Å². The number of hydrogen-bond donors (Lipinski definition) is 1. The Labute approximate surface area is 127 Å². The highest BCUT2D eigenvalue weighted by atomic mass is 16.5. The first-order valence-corrected chi connectivity index (χ1v) is 7.39. The van der Waals surface area contributed by atoms with Gasteiger partial charge < -0.3 is 14.7 Å². The molecule has 0 bridgehead atoms. The van der Waals surface area contributed by atoms with Crippen molar-refractivity contribution in [2.75, 3.05) is 25.2 Å². The molecular formula is C17H25NO3. The maximum atomic E-state index is 10.8. The first kappa shape index (κ1) is 17.2. The Morgan fingerprint density at radius 3 is 2.57 bits per heavy atom. The van der Waals surface area contributed by atoms with E-state index in [-0.39, 0.29) is 0 Å². The lowest BCUT2D eigenvalue weighted by Crippen LogP contribution is -2.37. The first-order valence-electron chi connectivity index (χ1n) is 7.39. The molecule has 0 aliphatic heterocycles. The van der Waals surface area contributed by atoms with Gasteiger partial charge in [0.2, 0.25) is 0 Å². The fourth-order valence-corrected chi connectivity index (χ4v) is 2.47. The number of aliphatic carboxylic acids is 1. The maximum Gasteiger partial charge on any atom is 0.328 e. The molecule has 0 amide bonds. The molecular weight excluding hydrogens is 266 g/mol. The van der Waals surface area contributed by atoms with E-state index in [4.69, 9.17) is 9.84 Å². The zero-order valence-electron chi connectivity index (χ0n) is 13.1.